The largest absolute Gasteiger partial charge is 0.490 e. The van der Waals surface area contributed by atoms with Gasteiger partial charge in [0.2, 0.25) is 0 Å². The molecule has 2 rings (SSSR count). The van der Waals surface area contributed by atoms with Crippen molar-refractivity contribution >= 4 is 9.84 Å². The third-order valence-corrected chi connectivity index (χ3v) is 3.80. The van der Waals surface area contributed by atoms with Crippen LogP contribution in [0.4, 0.5) is 4.39 Å². The van der Waals surface area contributed by atoms with Crippen LogP contribution in [0.3, 0.4) is 0 Å². The molecule has 0 saturated heterocycles. The van der Waals surface area contributed by atoms with E-state index in [-0.39, 0.29) is 23.9 Å². The fourth-order valence-corrected chi connectivity index (χ4v) is 2.29. The normalized spacial score (nSPS) is 11.1. The van der Waals surface area contributed by atoms with E-state index in [0.717, 1.165) is 6.26 Å². The van der Waals surface area contributed by atoms with E-state index in [9.17, 15) is 12.8 Å². The van der Waals surface area contributed by atoms with Gasteiger partial charge in [-0.1, -0.05) is 6.07 Å². The number of halogens is 1. The van der Waals surface area contributed by atoms with Crippen molar-refractivity contribution in [2.75, 3.05) is 19.5 Å². The average molecular weight is 310 g/mol. The molecule has 0 aliphatic carbocycles. The van der Waals surface area contributed by atoms with Gasteiger partial charge in [0.15, 0.2) is 9.84 Å². The predicted octanol–water partition coefficient (Wildman–Crippen LogP) is 2.69. The summed E-state index contributed by atoms with van der Waals surface area (Å²) >= 11 is 0. The number of ether oxygens (including phenoxy) is 2. The zero-order valence-electron chi connectivity index (χ0n) is 11.5. The maximum atomic E-state index is 12.9. The first-order valence-corrected chi connectivity index (χ1v) is 8.15. The zero-order valence-corrected chi connectivity index (χ0v) is 12.3. The summed E-state index contributed by atoms with van der Waals surface area (Å²) in [7, 11) is -3.20. The van der Waals surface area contributed by atoms with Crippen LogP contribution in [-0.2, 0) is 9.84 Å². The van der Waals surface area contributed by atoms with Crippen molar-refractivity contribution in [1.82, 2.24) is 0 Å². The van der Waals surface area contributed by atoms with Crippen molar-refractivity contribution < 1.29 is 22.3 Å². The lowest BCUT2D eigenvalue weighted by Crippen LogP contribution is -2.09. The lowest BCUT2D eigenvalue weighted by molar-refractivity contribution is 0.216. The lowest BCUT2D eigenvalue weighted by atomic mass is 10.3. The monoisotopic (exact) mass is 310 g/mol. The van der Waals surface area contributed by atoms with Gasteiger partial charge in [-0.3, -0.25) is 0 Å². The van der Waals surface area contributed by atoms with Crippen LogP contribution >= 0.6 is 0 Å². The van der Waals surface area contributed by atoms with Crippen LogP contribution in [0.15, 0.2) is 53.4 Å². The van der Waals surface area contributed by atoms with Crippen LogP contribution in [0.5, 0.6) is 11.5 Å². The smallest absolute Gasteiger partial charge is 0.175 e. The van der Waals surface area contributed by atoms with Crippen molar-refractivity contribution in [3.8, 4) is 11.5 Å². The molecule has 0 fully saturated rings. The molecule has 0 amide bonds. The fraction of sp³-hybridized carbons (Fsp3) is 0.200. The molecule has 112 valence electrons. The molecular weight excluding hydrogens is 295 g/mol. The number of benzene rings is 2. The standard InChI is InChI=1S/C15H15FO4S/c1-21(17,18)15-7-5-13(6-8-15)19-9-10-20-14-4-2-3-12(16)11-14/h2-8,11H,9-10H2,1H3. The van der Waals surface area contributed by atoms with E-state index in [1.165, 1.54) is 24.3 Å². The molecule has 0 aliphatic heterocycles. The molecule has 2 aromatic rings. The summed E-state index contributed by atoms with van der Waals surface area (Å²) in [5.41, 5.74) is 0. The van der Waals surface area contributed by atoms with Gasteiger partial charge >= 0.3 is 0 Å². The van der Waals surface area contributed by atoms with Crippen LogP contribution in [0.25, 0.3) is 0 Å². The summed E-state index contributed by atoms with van der Waals surface area (Å²) in [5, 5.41) is 0. The van der Waals surface area contributed by atoms with Crippen LogP contribution in [0.1, 0.15) is 0 Å². The third-order valence-electron chi connectivity index (χ3n) is 2.67. The molecule has 0 atom stereocenters. The Morgan fingerprint density at radius 2 is 1.57 bits per heavy atom. The van der Waals surface area contributed by atoms with E-state index in [2.05, 4.69) is 0 Å². The summed E-state index contributed by atoms with van der Waals surface area (Å²) < 4.78 is 46.2. The summed E-state index contributed by atoms with van der Waals surface area (Å²) in [6, 6.07) is 12.0. The van der Waals surface area contributed by atoms with Gasteiger partial charge in [-0.05, 0) is 36.4 Å². The topological polar surface area (TPSA) is 52.6 Å². The van der Waals surface area contributed by atoms with Crippen molar-refractivity contribution in [3.05, 3.63) is 54.3 Å². The molecule has 6 heteroatoms. The molecular formula is C15H15FO4S. The number of sulfone groups is 1. The van der Waals surface area contributed by atoms with Gasteiger partial charge in [-0.15, -0.1) is 0 Å². The van der Waals surface area contributed by atoms with Crippen molar-refractivity contribution in [2.24, 2.45) is 0 Å². The van der Waals surface area contributed by atoms with Crippen LogP contribution in [-0.4, -0.2) is 27.9 Å². The Balaban J connectivity index is 1.81. The molecule has 0 spiro atoms. The Bertz CT molecular complexity index is 696. The zero-order chi connectivity index (χ0) is 15.3. The first-order valence-electron chi connectivity index (χ1n) is 6.26. The van der Waals surface area contributed by atoms with E-state index in [1.807, 2.05) is 0 Å². The highest BCUT2D eigenvalue weighted by atomic mass is 32.2. The maximum absolute atomic E-state index is 12.9. The Hall–Kier alpha value is -2.08. The average Bonchev–Trinajstić information content (AvgIpc) is 2.43. The van der Waals surface area contributed by atoms with Gasteiger partial charge in [0, 0.05) is 12.3 Å². The van der Waals surface area contributed by atoms with Crippen LogP contribution in [0.2, 0.25) is 0 Å². The second-order valence-electron chi connectivity index (χ2n) is 4.40. The van der Waals surface area contributed by atoms with Gasteiger partial charge in [-0.2, -0.15) is 0 Å². The molecule has 21 heavy (non-hydrogen) atoms. The molecule has 0 aliphatic rings. The van der Waals surface area contributed by atoms with Gasteiger partial charge < -0.3 is 9.47 Å². The highest BCUT2D eigenvalue weighted by Crippen LogP contribution is 2.16. The Morgan fingerprint density at radius 3 is 2.14 bits per heavy atom. The van der Waals surface area contributed by atoms with Crippen molar-refractivity contribution in [2.45, 2.75) is 4.90 Å². The minimum Gasteiger partial charge on any atom is -0.490 e. The highest BCUT2D eigenvalue weighted by molar-refractivity contribution is 7.90. The van der Waals surface area contributed by atoms with Gasteiger partial charge in [0.25, 0.3) is 0 Å². The third kappa shape index (κ3) is 4.75. The summed E-state index contributed by atoms with van der Waals surface area (Å²) in [5.74, 6) is 0.626. The maximum Gasteiger partial charge on any atom is 0.175 e. The van der Waals surface area contributed by atoms with E-state index >= 15 is 0 Å². The van der Waals surface area contributed by atoms with E-state index in [1.54, 1.807) is 24.3 Å². The number of rotatable bonds is 6. The second kappa shape index (κ2) is 6.58. The minimum atomic E-state index is -3.20. The lowest BCUT2D eigenvalue weighted by Gasteiger charge is -2.08. The van der Waals surface area contributed by atoms with E-state index < -0.39 is 9.84 Å². The molecule has 0 heterocycles. The Morgan fingerprint density at radius 1 is 0.952 bits per heavy atom. The van der Waals surface area contributed by atoms with Crippen molar-refractivity contribution in [1.29, 1.82) is 0 Å². The molecule has 0 unspecified atom stereocenters. The Kier molecular flexibility index (Phi) is 4.80. The molecule has 0 radical (unpaired) electrons. The molecule has 2 aromatic carbocycles. The highest BCUT2D eigenvalue weighted by Gasteiger charge is 2.06. The fourth-order valence-electron chi connectivity index (χ4n) is 1.66. The van der Waals surface area contributed by atoms with Crippen LogP contribution < -0.4 is 9.47 Å². The molecule has 0 saturated carbocycles. The van der Waals surface area contributed by atoms with Gasteiger partial charge in [-0.25, -0.2) is 12.8 Å². The first kappa shape index (κ1) is 15.3. The van der Waals surface area contributed by atoms with Gasteiger partial charge in [0.05, 0.1) is 4.90 Å². The van der Waals surface area contributed by atoms with Crippen LogP contribution in [0, 0.1) is 5.82 Å². The summed E-state index contributed by atoms with van der Waals surface area (Å²) in [6.45, 7) is 0.534. The quantitative estimate of drug-likeness (QED) is 0.770. The second-order valence-corrected chi connectivity index (χ2v) is 6.41. The molecule has 0 bridgehead atoms. The van der Waals surface area contributed by atoms with E-state index in [0.29, 0.717) is 11.5 Å². The first-order chi connectivity index (χ1) is 9.95. The predicted molar refractivity (Wildman–Crippen MR) is 76.9 cm³/mol. The number of hydrogen-bond donors (Lipinski definition) is 0. The van der Waals surface area contributed by atoms with Gasteiger partial charge in [0.1, 0.15) is 30.5 Å². The SMILES string of the molecule is CS(=O)(=O)c1ccc(OCCOc2cccc(F)c2)cc1. The van der Waals surface area contributed by atoms with E-state index in [4.69, 9.17) is 9.47 Å². The Labute approximate surface area is 123 Å². The minimum absolute atomic E-state index is 0.242. The molecule has 0 N–H and O–H groups in total. The summed E-state index contributed by atoms with van der Waals surface area (Å²) in [6.07, 6.45) is 1.15. The number of hydrogen-bond acceptors (Lipinski definition) is 4. The molecule has 4 nitrogen and oxygen atoms in total. The van der Waals surface area contributed by atoms with Crippen molar-refractivity contribution in [3.63, 3.8) is 0 Å². The molecule has 0 aromatic heterocycles. The summed E-state index contributed by atoms with van der Waals surface area (Å²) in [4.78, 5) is 0.242.